The number of rotatable bonds is 6. The lowest BCUT2D eigenvalue weighted by atomic mass is 10.4. The fourth-order valence-corrected chi connectivity index (χ4v) is 1.13. The summed E-state index contributed by atoms with van der Waals surface area (Å²) in [5, 5.41) is 9.50. The van der Waals surface area contributed by atoms with Crippen molar-refractivity contribution in [3.63, 3.8) is 0 Å². The van der Waals surface area contributed by atoms with Crippen LogP contribution < -0.4 is 10.6 Å². The van der Waals surface area contributed by atoms with E-state index in [1.165, 1.54) is 0 Å². The van der Waals surface area contributed by atoms with E-state index in [-0.39, 0.29) is 5.91 Å². The Morgan fingerprint density at radius 1 is 1.60 bits per heavy atom. The smallest absolute Gasteiger partial charge is 0.233 e. The van der Waals surface area contributed by atoms with Gasteiger partial charge in [0, 0.05) is 12.6 Å². The number of carbonyl (C=O) groups is 1. The zero-order valence-electron chi connectivity index (χ0n) is 9.17. The first-order valence-electron chi connectivity index (χ1n) is 5.12. The van der Waals surface area contributed by atoms with Crippen molar-refractivity contribution in [2.45, 2.75) is 26.8 Å². The Kier molecular flexibility index (Phi) is 4.83. The van der Waals surface area contributed by atoms with Gasteiger partial charge in [-0.15, -0.1) is 0 Å². The minimum absolute atomic E-state index is 0.00749. The molecule has 84 valence electrons. The highest BCUT2D eigenvalue weighted by atomic mass is 16.5. The number of aromatic nitrogens is 1. The van der Waals surface area contributed by atoms with Crippen LogP contribution in [0.15, 0.2) is 10.6 Å². The zero-order valence-corrected chi connectivity index (χ0v) is 9.17. The molecule has 0 aromatic carbocycles. The first kappa shape index (κ1) is 11.7. The Morgan fingerprint density at radius 3 is 3.00 bits per heavy atom. The van der Waals surface area contributed by atoms with Gasteiger partial charge >= 0.3 is 0 Å². The maximum Gasteiger partial charge on any atom is 0.233 e. The van der Waals surface area contributed by atoms with Gasteiger partial charge in [0.2, 0.25) is 5.91 Å². The second kappa shape index (κ2) is 6.19. The molecular formula is C10H17N3O2. The van der Waals surface area contributed by atoms with Crippen LogP contribution in [-0.4, -0.2) is 24.2 Å². The molecule has 0 saturated carbocycles. The van der Waals surface area contributed by atoms with Crippen LogP contribution in [0.3, 0.4) is 0 Å². The van der Waals surface area contributed by atoms with Crippen LogP contribution in [0.4, 0.5) is 0 Å². The summed E-state index contributed by atoms with van der Waals surface area (Å²) in [6, 6.07) is 1.84. The van der Waals surface area contributed by atoms with E-state index in [1.807, 2.05) is 19.9 Å². The Balaban J connectivity index is 2.13. The van der Waals surface area contributed by atoms with E-state index < -0.39 is 0 Å². The number of hydrogen-bond acceptors (Lipinski definition) is 4. The fourth-order valence-electron chi connectivity index (χ4n) is 1.13. The van der Waals surface area contributed by atoms with Crippen molar-refractivity contribution in [2.24, 2.45) is 0 Å². The normalized spacial score (nSPS) is 10.3. The SMILES string of the molecule is CCCNC(=O)CNCc1cc(C)no1. The lowest BCUT2D eigenvalue weighted by molar-refractivity contribution is -0.120. The molecule has 1 aromatic heterocycles. The first-order valence-corrected chi connectivity index (χ1v) is 5.12. The van der Waals surface area contributed by atoms with Crippen molar-refractivity contribution in [3.05, 3.63) is 17.5 Å². The lowest BCUT2D eigenvalue weighted by Gasteiger charge is -2.03. The number of amides is 1. The van der Waals surface area contributed by atoms with Gasteiger partial charge in [-0.1, -0.05) is 12.1 Å². The number of nitrogens with zero attached hydrogens (tertiary/aromatic N) is 1. The Morgan fingerprint density at radius 2 is 2.40 bits per heavy atom. The molecule has 0 radical (unpaired) electrons. The summed E-state index contributed by atoms with van der Waals surface area (Å²) in [5.41, 5.74) is 0.849. The molecule has 5 nitrogen and oxygen atoms in total. The highest BCUT2D eigenvalue weighted by Crippen LogP contribution is 2.00. The van der Waals surface area contributed by atoms with Gasteiger partial charge in [-0.2, -0.15) is 0 Å². The summed E-state index contributed by atoms with van der Waals surface area (Å²) in [5.74, 6) is 0.754. The molecule has 0 unspecified atom stereocenters. The Bertz CT molecular complexity index is 309. The zero-order chi connectivity index (χ0) is 11.1. The fraction of sp³-hybridized carbons (Fsp3) is 0.600. The van der Waals surface area contributed by atoms with Gasteiger partial charge < -0.3 is 15.2 Å². The highest BCUT2D eigenvalue weighted by molar-refractivity contribution is 5.77. The molecule has 1 heterocycles. The van der Waals surface area contributed by atoms with Crippen LogP contribution in [0.1, 0.15) is 24.8 Å². The van der Waals surface area contributed by atoms with Crippen LogP contribution in [0, 0.1) is 6.92 Å². The van der Waals surface area contributed by atoms with Crippen molar-refractivity contribution in [3.8, 4) is 0 Å². The van der Waals surface area contributed by atoms with Crippen LogP contribution in [0.5, 0.6) is 0 Å². The summed E-state index contributed by atoms with van der Waals surface area (Å²) < 4.78 is 4.98. The van der Waals surface area contributed by atoms with Gasteiger partial charge in [-0.3, -0.25) is 4.79 Å². The van der Waals surface area contributed by atoms with Crippen LogP contribution in [0.2, 0.25) is 0 Å². The molecule has 1 aromatic rings. The molecule has 0 spiro atoms. The number of nitrogens with one attached hydrogen (secondary N) is 2. The number of aryl methyl sites for hydroxylation is 1. The number of hydrogen-bond donors (Lipinski definition) is 2. The van der Waals surface area contributed by atoms with Crippen molar-refractivity contribution < 1.29 is 9.32 Å². The van der Waals surface area contributed by atoms with Crippen LogP contribution in [-0.2, 0) is 11.3 Å². The quantitative estimate of drug-likeness (QED) is 0.723. The van der Waals surface area contributed by atoms with E-state index in [2.05, 4.69) is 15.8 Å². The standard InChI is InChI=1S/C10H17N3O2/c1-3-4-12-10(14)7-11-6-9-5-8(2)13-15-9/h5,11H,3-4,6-7H2,1-2H3,(H,12,14). The van der Waals surface area contributed by atoms with E-state index in [4.69, 9.17) is 4.52 Å². The third-order valence-electron chi connectivity index (χ3n) is 1.83. The molecule has 0 aliphatic rings. The monoisotopic (exact) mass is 211 g/mol. The molecule has 1 rings (SSSR count). The average molecular weight is 211 g/mol. The minimum Gasteiger partial charge on any atom is -0.360 e. The maximum atomic E-state index is 11.2. The summed E-state index contributed by atoms with van der Waals surface area (Å²) in [6.07, 6.45) is 0.951. The molecule has 0 fully saturated rings. The van der Waals surface area contributed by atoms with E-state index in [0.717, 1.165) is 24.4 Å². The molecular weight excluding hydrogens is 194 g/mol. The summed E-state index contributed by atoms with van der Waals surface area (Å²) >= 11 is 0. The number of carbonyl (C=O) groups excluding carboxylic acids is 1. The second-order valence-electron chi connectivity index (χ2n) is 3.39. The first-order chi connectivity index (χ1) is 7.22. The molecule has 0 atom stereocenters. The van der Waals surface area contributed by atoms with Gasteiger partial charge in [-0.05, 0) is 13.3 Å². The second-order valence-corrected chi connectivity index (χ2v) is 3.39. The minimum atomic E-state index is 0.00749. The van der Waals surface area contributed by atoms with Gasteiger partial charge in [0.25, 0.3) is 0 Å². The van der Waals surface area contributed by atoms with Gasteiger partial charge in [0.05, 0.1) is 18.8 Å². The highest BCUT2D eigenvalue weighted by Gasteiger charge is 2.02. The van der Waals surface area contributed by atoms with Gasteiger partial charge in [0.1, 0.15) is 0 Å². The van der Waals surface area contributed by atoms with Crippen molar-refractivity contribution in [1.29, 1.82) is 0 Å². The van der Waals surface area contributed by atoms with Crippen molar-refractivity contribution in [2.75, 3.05) is 13.1 Å². The molecule has 1 amide bonds. The summed E-state index contributed by atoms with van der Waals surface area (Å²) in [6.45, 7) is 5.44. The summed E-state index contributed by atoms with van der Waals surface area (Å²) in [7, 11) is 0. The predicted molar refractivity (Wildman–Crippen MR) is 56.2 cm³/mol. The van der Waals surface area contributed by atoms with Gasteiger partial charge in [0.15, 0.2) is 5.76 Å². The molecule has 2 N–H and O–H groups in total. The topological polar surface area (TPSA) is 67.2 Å². The Hall–Kier alpha value is -1.36. The molecule has 0 saturated heterocycles. The Labute approximate surface area is 89.2 Å². The maximum absolute atomic E-state index is 11.2. The van der Waals surface area contributed by atoms with E-state index in [9.17, 15) is 4.79 Å². The van der Waals surface area contributed by atoms with E-state index in [0.29, 0.717) is 13.1 Å². The predicted octanol–water partition coefficient (Wildman–Crippen LogP) is 0.599. The third kappa shape index (κ3) is 4.60. The van der Waals surface area contributed by atoms with Crippen molar-refractivity contribution in [1.82, 2.24) is 15.8 Å². The van der Waals surface area contributed by atoms with E-state index in [1.54, 1.807) is 0 Å². The largest absolute Gasteiger partial charge is 0.360 e. The van der Waals surface area contributed by atoms with E-state index >= 15 is 0 Å². The average Bonchev–Trinajstić information content (AvgIpc) is 2.61. The van der Waals surface area contributed by atoms with Gasteiger partial charge in [-0.25, -0.2) is 0 Å². The molecule has 0 aliphatic heterocycles. The molecule has 0 aliphatic carbocycles. The van der Waals surface area contributed by atoms with Crippen LogP contribution in [0.25, 0.3) is 0 Å². The molecule has 5 heteroatoms. The lowest BCUT2D eigenvalue weighted by Crippen LogP contribution is -2.33. The van der Waals surface area contributed by atoms with Crippen molar-refractivity contribution >= 4 is 5.91 Å². The summed E-state index contributed by atoms with van der Waals surface area (Å²) in [4.78, 5) is 11.2. The molecule has 0 bridgehead atoms. The van der Waals surface area contributed by atoms with Crippen LogP contribution >= 0.6 is 0 Å². The molecule has 15 heavy (non-hydrogen) atoms. The third-order valence-corrected chi connectivity index (χ3v) is 1.83.